The van der Waals surface area contributed by atoms with Crippen LogP contribution in [0.4, 0.5) is 0 Å². The van der Waals surface area contributed by atoms with Crippen molar-refractivity contribution >= 4 is 17.5 Å². The number of nitrogens with one attached hydrogen (secondary N) is 2. The maximum absolute atomic E-state index is 11.8. The average molecular weight is 333 g/mol. The smallest absolute Gasteiger partial charge is 0.224 e. The van der Waals surface area contributed by atoms with Crippen molar-refractivity contribution in [1.82, 2.24) is 10.6 Å². The second kappa shape index (κ2) is 9.30. The first-order valence-electron chi connectivity index (χ1n) is 7.60. The molecule has 0 heterocycles. The summed E-state index contributed by atoms with van der Waals surface area (Å²) in [6.07, 6.45) is -0.204. The number of aliphatic hydroxyl groups is 1. The van der Waals surface area contributed by atoms with Crippen LogP contribution < -0.4 is 10.6 Å². The molecule has 0 aliphatic carbocycles. The zero-order valence-electron chi connectivity index (χ0n) is 12.8. The first-order valence-corrected chi connectivity index (χ1v) is 7.98. The number of hydrogen-bond acceptors (Lipinski definition) is 3. The summed E-state index contributed by atoms with van der Waals surface area (Å²) < 4.78 is 0. The molecule has 5 heteroatoms. The van der Waals surface area contributed by atoms with Crippen molar-refractivity contribution < 1.29 is 9.90 Å². The molecule has 0 saturated heterocycles. The molecule has 0 radical (unpaired) electrons. The van der Waals surface area contributed by atoms with Crippen molar-refractivity contribution in [3.63, 3.8) is 0 Å². The Balaban J connectivity index is 1.60. The highest BCUT2D eigenvalue weighted by atomic mass is 35.5. The molecule has 3 N–H and O–H groups in total. The normalized spacial score (nSPS) is 11.9. The summed E-state index contributed by atoms with van der Waals surface area (Å²) >= 11 is 5.81. The molecule has 2 rings (SSSR count). The number of rotatable bonds is 8. The van der Waals surface area contributed by atoms with Crippen LogP contribution in [0.5, 0.6) is 0 Å². The summed E-state index contributed by atoms with van der Waals surface area (Å²) in [7, 11) is 0. The standard InChI is InChI=1S/C18H21ClN2O2/c19-16-8-6-14(7-9-16)12-18(23)21-11-10-20-13-17(22)15-4-2-1-3-5-15/h1-9,17,20,22H,10-13H2,(H,21,23)/t17-/m1/s1. The zero-order valence-corrected chi connectivity index (χ0v) is 13.6. The minimum absolute atomic E-state index is 0.0299. The molecule has 0 aliphatic rings. The van der Waals surface area contributed by atoms with E-state index < -0.39 is 6.10 Å². The van der Waals surface area contributed by atoms with Gasteiger partial charge in [0.05, 0.1) is 12.5 Å². The average Bonchev–Trinajstić information content (AvgIpc) is 2.57. The lowest BCUT2D eigenvalue weighted by Gasteiger charge is -2.12. The Kier molecular flexibility index (Phi) is 7.07. The van der Waals surface area contributed by atoms with Gasteiger partial charge in [0.2, 0.25) is 5.91 Å². The molecule has 2 aromatic rings. The van der Waals surface area contributed by atoms with E-state index in [1.54, 1.807) is 12.1 Å². The van der Waals surface area contributed by atoms with Gasteiger partial charge in [-0.15, -0.1) is 0 Å². The third kappa shape index (κ3) is 6.40. The predicted molar refractivity (Wildman–Crippen MR) is 92.4 cm³/mol. The maximum Gasteiger partial charge on any atom is 0.224 e. The van der Waals surface area contributed by atoms with Crippen LogP contribution in [0.25, 0.3) is 0 Å². The third-order valence-electron chi connectivity index (χ3n) is 3.42. The molecular formula is C18H21ClN2O2. The van der Waals surface area contributed by atoms with Crippen LogP contribution in [0.3, 0.4) is 0 Å². The Morgan fingerprint density at radius 2 is 1.74 bits per heavy atom. The topological polar surface area (TPSA) is 61.4 Å². The maximum atomic E-state index is 11.8. The fourth-order valence-electron chi connectivity index (χ4n) is 2.17. The van der Waals surface area contributed by atoms with Crippen LogP contribution >= 0.6 is 11.6 Å². The van der Waals surface area contributed by atoms with Crippen molar-refractivity contribution in [2.75, 3.05) is 19.6 Å². The first kappa shape index (κ1) is 17.5. The lowest BCUT2D eigenvalue weighted by Crippen LogP contribution is -2.34. The van der Waals surface area contributed by atoms with Gasteiger partial charge in [-0.3, -0.25) is 4.79 Å². The van der Waals surface area contributed by atoms with E-state index in [2.05, 4.69) is 10.6 Å². The summed E-state index contributed by atoms with van der Waals surface area (Å²) in [6.45, 7) is 1.58. The van der Waals surface area contributed by atoms with Crippen molar-refractivity contribution in [2.45, 2.75) is 12.5 Å². The van der Waals surface area contributed by atoms with Crippen molar-refractivity contribution in [1.29, 1.82) is 0 Å². The van der Waals surface area contributed by atoms with Crippen molar-refractivity contribution in [3.05, 3.63) is 70.7 Å². The fourth-order valence-corrected chi connectivity index (χ4v) is 2.30. The zero-order chi connectivity index (χ0) is 16.5. The first-order chi connectivity index (χ1) is 11.1. The number of benzene rings is 2. The number of hydrogen-bond donors (Lipinski definition) is 3. The van der Waals surface area contributed by atoms with Gasteiger partial charge >= 0.3 is 0 Å². The Morgan fingerprint density at radius 1 is 1.04 bits per heavy atom. The highest BCUT2D eigenvalue weighted by Crippen LogP contribution is 2.10. The van der Waals surface area contributed by atoms with E-state index in [4.69, 9.17) is 11.6 Å². The number of carbonyl (C=O) groups is 1. The molecule has 0 saturated carbocycles. The molecule has 0 aliphatic heterocycles. The van der Waals surface area contributed by atoms with Crippen molar-refractivity contribution in [3.8, 4) is 0 Å². The van der Waals surface area contributed by atoms with E-state index in [0.717, 1.165) is 11.1 Å². The minimum atomic E-state index is -0.541. The summed E-state index contributed by atoms with van der Waals surface area (Å²) in [4.78, 5) is 11.8. The highest BCUT2D eigenvalue weighted by Gasteiger charge is 2.06. The SMILES string of the molecule is O=C(Cc1ccc(Cl)cc1)NCCNC[C@@H](O)c1ccccc1. The van der Waals surface area contributed by atoms with Gasteiger partial charge in [0.1, 0.15) is 0 Å². The minimum Gasteiger partial charge on any atom is -0.387 e. The van der Waals surface area contributed by atoms with Gasteiger partial charge in [-0.25, -0.2) is 0 Å². The van der Waals surface area contributed by atoms with Crippen LogP contribution in [-0.4, -0.2) is 30.6 Å². The Bertz CT molecular complexity index is 602. The molecule has 1 amide bonds. The Morgan fingerprint density at radius 3 is 2.43 bits per heavy atom. The molecule has 0 spiro atoms. The second-order valence-corrected chi connectivity index (χ2v) is 5.72. The lowest BCUT2D eigenvalue weighted by atomic mass is 10.1. The number of amides is 1. The van der Waals surface area contributed by atoms with Gasteiger partial charge in [-0.05, 0) is 23.3 Å². The third-order valence-corrected chi connectivity index (χ3v) is 3.68. The molecule has 122 valence electrons. The van der Waals surface area contributed by atoms with E-state index in [1.807, 2.05) is 42.5 Å². The van der Waals surface area contributed by atoms with Crippen LogP contribution in [0, 0.1) is 0 Å². The van der Waals surface area contributed by atoms with Gasteiger partial charge in [-0.1, -0.05) is 54.1 Å². The van der Waals surface area contributed by atoms with E-state index in [9.17, 15) is 9.90 Å². The largest absolute Gasteiger partial charge is 0.387 e. The van der Waals surface area contributed by atoms with Crippen molar-refractivity contribution in [2.24, 2.45) is 0 Å². The molecule has 1 atom stereocenters. The molecular weight excluding hydrogens is 312 g/mol. The molecule has 0 aromatic heterocycles. The van der Waals surface area contributed by atoms with E-state index in [0.29, 0.717) is 31.1 Å². The van der Waals surface area contributed by atoms with Crippen LogP contribution in [0.15, 0.2) is 54.6 Å². The van der Waals surface area contributed by atoms with E-state index in [-0.39, 0.29) is 5.91 Å². The molecule has 23 heavy (non-hydrogen) atoms. The van der Waals surface area contributed by atoms with E-state index >= 15 is 0 Å². The number of carbonyl (C=O) groups excluding carboxylic acids is 1. The van der Waals surface area contributed by atoms with Crippen LogP contribution in [0.2, 0.25) is 5.02 Å². The fraction of sp³-hybridized carbons (Fsp3) is 0.278. The van der Waals surface area contributed by atoms with Gasteiger partial charge in [0.25, 0.3) is 0 Å². The monoisotopic (exact) mass is 332 g/mol. The summed E-state index contributed by atoms with van der Waals surface area (Å²) in [5.41, 5.74) is 1.81. The molecule has 0 unspecified atom stereocenters. The number of aliphatic hydroxyl groups excluding tert-OH is 1. The molecule has 0 bridgehead atoms. The predicted octanol–water partition coefficient (Wildman–Crippen LogP) is 2.32. The number of halogens is 1. The summed E-state index contributed by atoms with van der Waals surface area (Å²) in [5.74, 6) is -0.0299. The summed E-state index contributed by atoms with van der Waals surface area (Å²) in [5, 5.41) is 16.6. The quantitative estimate of drug-likeness (QED) is 0.650. The molecule has 0 fully saturated rings. The van der Waals surface area contributed by atoms with Gasteiger partial charge in [0.15, 0.2) is 0 Å². The second-order valence-electron chi connectivity index (χ2n) is 5.28. The molecule has 4 nitrogen and oxygen atoms in total. The van der Waals surface area contributed by atoms with E-state index in [1.165, 1.54) is 0 Å². The van der Waals surface area contributed by atoms with Gasteiger partial charge < -0.3 is 15.7 Å². The molecule has 2 aromatic carbocycles. The Labute approximate surface area is 141 Å². The van der Waals surface area contributed by atoms with Crippen LogP contribution in [0.1, 0.15) is 17.2 Å². The lowest BCUT2D eigenvalue weighted by molar-refractivity contribution is -0.120. The van der Waals surface area contributed by atoms with Gasteiger partial charge in [-0.2, -0.15) is 0 Å². The summed E-state index contributed by atoms with van der Waals surface area (Å²) in [6, 6.07) is 16.7. The highest BCUT2D eigenvalue weighted by molar-refractivity contribution is 6.30. The Hall–Kier alpha value is -1.88. The van der Waals surface area contributed by atoms with Crippen LogP contribution in [-0.2, 0) is 11.2 Å². The van der Waals surface area contributed by atoms with Gasteiger partial charge in [0, 0.05) is 24.7 Å².